The molecule has 5 rings (SSSR count). The van der Waals surface area contributed by atoms with E-state index in [9.17, 15) is 4.79 Å². The van der Waals surface area contributed by atoms with Gasteiger partial charge >= 0.3 is 0 Å². The summed E-state index contributed by atoms with van der Waals surface area (Å²) in [6, 6.07) is 12.9. The quantitative estimate of drug-likeness (QED) is 0.295. The molecule has 0 bridgehead atoms. The molecule has 0 aliphatic rings. The van der Waals surface area contributed by atoms with Crippen LogP contribution in [0.5, 0.6) is 0 Å². The molecular weight excluding hydrogens is 500 g/mol. The third-order valence-electron chi connectivity index (χ3n) is 6.05. The van der Waals surface area contributed by atoms with E-state index in [1.165, 1.54) is 11.3 Å². The first-order valence-electron chi connectivity index (χ1n) is 11.8. The van der Waals surface area contributed by atoms with Crippen molar-refractivity contribution in [2.75, 3.05) is 24.9 Å². The Hall–Kier alpha value is -4.48. The van der Waals surface area contributed by atoms with Crippen molar-refractivity contribution < 1.29 is 9.53 Å². The lowest BCUT2D eigenvalue weighted by Crippen LogP contribution is -2.45. The van der Waals surface area contributed by atoms with Crippen molar-refractivity contribution in [3.63, 3.8) is 0 Å². The van der Waals surface area contributed by atoms with Crippen LogP contribution >= 0.6 is 11.3 Å². The van der Waals surface area contributed by atoms with Crippen LogP contribution in [-0.4, -0.2) is 50.0 Å². The molecule has 4 aromatic heterocycles. The summed E-state index contributed by atoms with van der Waals surface area (Å²) in [5.41, 5.74) is 12.3. The lowest BCUT2D eigenvalue weighted by molar-refractivity contribution is 0.0727. The predicted octanol–water partition coefficient (Wildman–Crippen LogP) is 4.27. The fourth-order valence-electron chi connectivity index (χ4n) is 4.01. The van der Waals surface area contributed by atoms with Crippen molar-refractivity contribution in [2.45, 2.75) is 20.1 Å². The molecule has 192 valence electrons. The van der Waals surface area contributed by atoms with Gasteiger partial charge in [-0.05, 0) is 48.9 Å². The summed E-state index contributed by atoms with van der Waals surface area (Å²) in [5, 5.41) is 4.04. The highest BCUT2D eigenvalue weighted by molar-refractivity contribution is 7.13. The third kappa shape index (κ3) is 5.15. The van der Waals surface area contributed by atoms with Gasteiger partial charge < -0.3 is 10.5 Å². The van der Waals surface area contributed by atoms with Gasteiger partial charge in [-0.25, -0.2) is 24.9 Å². The van der Waals surface area contributed by atoms with Gasteiger partial charge in [0.2, 0.25) is 5.95 Å². The average Bonchev–Trinajstić information content (AvgIpc) is 3.41. The first-order valence-corrected chi connectivity index (χ1v) is 12.7. The van der Waals surface area contributed by atoms with Gasteiger partial charge in [0.15, 0.2) is 0 Å². The number of carbonyl (C=O) groups excluding carboxylic acids is 1. The Morgan fingerprint density at radius 2 is 1.89 bits per heavy atom. The van der Waals surface area contributed by atoms with Gasteiger partial charge in [-0.3, -0.25) is 14.8 Å². The van der Waals surface area contributed by atoms with Gasteiger partial charge in [0.1, 0.15) is 5.82 Å². The Bertz CT molecular complexity index is 1570. The summed E-state index contributed by atoms with van der Waals surface area (Å²) in [6.07, 6.45) is 5.06. The van der Waals surface area contributed by atoms with Crippen molar-refractivity contribution in [2.24, 2.45) is 0 Å². The minimum Gasteiger partial charge on any atom is -0.383 e. The molecule has 1 amide bonds. The summed E-state index contributed by atoms with van der Waals surface area (Å²) in [5.74, 6) is 0.630. The zero-order valence-corrected chi connectivity index (χ0v) is 22.0. The number of nitrogens with two attached hydrogens (primary N) is 1. The van der Waals surface area contributed by atoms with Crippen molar-refractivity contribution in [3.05, 3.63) is 89.1 Å². The van der Waals surface area contributed by atoms with Gasteiger partial charge in [-0.15, -0.1) is 11.3 Å². The van der Waals surface area contributed by atoms with Gasteiger partial charge in [0.05, 0.1) is 40.4 Å². The average molecular weight is 527 g/mol. The van der Waals surface area contributed by atoms with Crippen LogP contribution in [0.25, 0.3) is 21.3 Å². The van der Waals surface area contributed by atoms with Crippen LogP contribution in [0, 0.1) is 6.92 Å². The molecule has 0 unspecified atom stereocenters. The van der Waals surface area contributed by atoms with E-state index < -0.39 is 0 Å². The number of aromatic nitrogens is 5. The molecule has 0 radical (unpaired) electrons. The highest BCUT2D eigenvalue weighted by Gasteiger charge is 2.24. The van der Waals surface area contributed by atoms with Crippen LogP contribution in [0.2, 0.25) is 0 Å². The summed E-state index contributed by atoms with van der Waals surface area (Å²) >= 11 is 1.54. The number of nitrogen functional groups attached to an aromatic ring is 1. The van der Waals surface area contributed by atoms with E-state index in [0.717, 1.165) is 32.6 Å². The van der Waals surface area contributed by atoms with Crippen molar-refractivity contribution in [1.82, 2.24) is 29.9 Å². The Balaban J connectivity index is 1.47. The number of methoxy groups -OCH3 is 1. The topological polar surface area (TPSA) is 123 Å². The SMILES string of the molecule is COCc1ncsc1-c1ccc(CN(C(=O)c2ccc3nc(N)c(C)cc3c2)N(C)c2ncccn2)nc1. The molecule has 0 atom stereocenters. The second-order valence-corrected chi connectivity index (χ2v) is 9.49. The number of rotatable bonds is 8. The molecule has 0 fully saturated rings. The van der Waals surface area contributed by atoms with Gasteiger partial charge in [0, 0.05) is 49.3 Å². The van der Waals surface area contributed by atoms with Crippen LogP contribution < -0.4 is 10.7 Å². The maximum absolute atomic E-state index is 13.9. The number of pyridine rings is 2. The van der Waals surface area contributed by atoms with E-state index in [4.69, 9.17) is 10.5 Å². The number of fused-ring (bicyclic) bond motifs is 1. The first-order chi connectivity index (χ1) is 18.4. The maximum atomic E-state index is 13.9. The normalized spacial score (nSPS) is 11.0. The molecule has 2 N–H and O–H groups in total. The Labute approximate surface area is 223 Å². The van der Waals surface area contributed by atoms with E-state index in [-0.39, 0.29) is 12.5 Å². The molecule has 0 aliphatic carbocycles. The number of ether oxygens (including phenoxy) is 1. The standard InChI is InChI=1S/C27H26N8O2S/c1-17-11-20-12-18(6-8-22(20)33-25(17)28)26(36)35(34(2)27-29-9-4-10-30-27)14-21-7-5-19(13-31-21)24-23(15-37-3)32-16-38-24/h4-13,16H,14-15H2,1-3H3,(H2,28,33). The highest BCUT2D eigenvalue weighted by Crippen LogP contribution is 2.28. The molecule has 0 spiro atoms. The molecule has 4 heterocycles. The van der Waals surface area contributed by atoms with E-state index >= 15 is 0 Å². The Morgan fingerprint density at radius 3 is 2.63 bits per heavy atom. The number of amides is 1. The molecule has 1 aromatic carbocycles. The second kappa shape index (κ2) is 10.9. The molecular formula is C27H26N8O2S. The van der Waals surface area contributed by atoms with Crippen LogP contribution in [0.15, 0.2) is 66.6 Å². The number of aryl methyl sites for hydroxylation is 1. The number of thiazole rings is 1. The van der Waals surface area contributed by atoms with Crippen LogP contribution in [0.4, 0.5) is 11.8 Å². The van der Waals surface area contributed by atoms with Crippen LogP contribution in [-0.2, 0) is 17.9 Å². The van der Waals surface area contributed by atoms with Gasteiger partial charge in [-0.1, -0.05) is 6.07 Å². The number of hydrogen-bond acceptors (Lipinski definition) is 10. The summed E-state index contributed by atoms with van der Waals surface area (Å²) in [4.78, 5) is 37.0. The summed E-state index contributed by atoms with van der Waals surface area (Å²) < 4.78 is 5.25. The maximum Gasteiger partial charge on any atom is 0.272 e. The number of benzene rings is 1. The minimum atomic E-state index is -0.230. The number of hydrogen-bond donors (Lipinski definition) is 1. The fraction of sp³-hybridized carbons (Fsp3) is 0.185. The molecule has 11 heteroatoms. The van der Waals surface area contributed by atoms with Gasteiger partial charge in [-0.2, -0.15) is 0 Å². The van der Waals surface area contributed by atoms with Gasteiger partial charge in [0.25, 0.3) is 5.91 Å². The minimum absolute atomic E-state index is 0.207. The second-order valence-electron chi connectivity index (χ2n) is 8.63. The van der Waals surface area contributed by atoms with Crippen molar-refractivity contribution >= 4 is 39.9 Å². The highest BCUT2D eigenvalue weighted by atomic mass is 32.1. The summed E-state index contributed by atoms with van der Waals surface area (Å²) in [7, 11) is 3.40. The fourth-order valence-corrected chi connectivity index (χ4v) is 4.80. The molecule has 5 aromatic rings. The zero-order valence-electron chi connectivity index (χ0n) is 21.2. The number of anilines is 2. The lowest BCUT2D eigenvalue weighted by Gasteiger charge is -2.31. The molecule has 0 aliphatic heterocycles. The number of carbonyl (C=O) groups is 1. The van der Waals surface area contributed by atoms with Crippen molar-refractivity contribution in [1.29, 1.82) is 0 Å². The monoisotopic (exact) mass is 526 g/mol. The third-order valence-corrected chi connectivity index (χ3v) is 6.97. The molecule has 0 saturated carbocycles. The number of nitrogens with zero attached hydrogens (tertiary/aromatic N) is 7. The van der Waals surface area contributed by atoms with E-state index in [0.29, 0.717) is 29.6 Å². The van der Waals surface area contributed by atoms with E-state index in [2.05, 4.69) is 24.9 Å². The molecule has 38 heavy (non-hydrogen) atoms. The predicted molar refractivity (Wildman–Crippen MR) is 147 cm³/mol. The zero-order chi connectivity index (χ0) is 26.6. The lowest BCUT2D eigenvalue weighted by atomic mass is 10.1. The van der Waals surface area contributed by atoms with Crippen LogP contribution in [0.3, 0.4) is 0 Å². The van der Waals surface area contributed by atoms with E-state index in [1.807, 2.05) is 31.2 Å². The van der Waals surface area contributed by atoms with Crippen LogP contribution in [0.1, 0.15) is 27.3 Å². The Morgan fingerprint density at radius 1 is 1.08 bits per heavy atom. The Kier molecular flexibility index (Phi) is 7.20. The largest absolute Gasteiger partial charge is 0.383 e. The first kappa shape index (κ1) is 25.2. The molecule has 10 nitrogen and oxygen atoms in total. The van der Waals surface area contributed by atoms with Crippen molar-refractivity contribution in [3.8, 4) is 10.4 Å². The summed E-state index contributed by atoms with van der Waals surface area (Å²) in [6.45, 7) is 2.53. The number of hydrazine groups is 1. The smallest absolute Gasteiger partial charge is 0.272 e. The molecule has 0 saturated heterocycles. The van der Waals surface area contributed by atoms with E-state index in [1.54, 1.807) is 66.5 Å².